The number of rotatable bonds is 7. The van der Waals surface area contributed by atoms with Gasteiger partial charge in [-0.25, -0.2) is 0 Å². The molecular formula is C14H25N3O. The van der Waals surface area contributed by atoms with Gasteiger partial charge < -0.3 is 10.1 Å². The Hall–Kier alpha value is -0.870. The molecule has 1 unspecified atom stereocenters. The maximum atomic E-state index is 5.28. The first-order valence-electron chi connectivity index (χ1n) is 6.78. The molecule has 0 aliphatic heterocycles. The van der Waals surface area contributed by atoms with Gasteiger partial charge in [0.1, 0.15) is 0 Å². The largest absolute Gasteiger partial charge is 0.384 e. The van der Waals surface area contributed by atoms with Gasteiger partial charge in [-0.05, 0) is 39.7 Å². The molecule has 1 fully saturated rings. The molecule has 1 aliphatic rings. The van der Waals surface area contributed by atoms with Gasteiger partial charge in [-0.1, -0.05) is 0 Å². The van der Waals surface area contributed by atoms with Crippen molar-refractivity contribution in [3.8, 4) is 0 Å². The molecule has 0 aromatic carbocycles. The van der Waals surface area contributed by atoms with Gasteiger partial charge in [0.15, 0.2) is 0 Å². The minimum atomic E-state index is 0.415. The lowest BCUT2D eigenvalue weighted by atomic mass is 10.1. The summed E-state index contributed by atoms with van der Waals surface area (Å²) in [6.07, 6.45) is 2.58. The van der Waals surface area contributed by atoms with Crippen LogP contribution in [0.15, 0.2) is 6.07 Å². The number of nitrogens with one attached hydrogen (secondary N) is 1. The highest BCUT2D eigenvalue weighted by molar-refractivity contribution is 5.06. The SMILES string of the molecule is COCC1(CNC(C)Cn2nc(C)cc2C)CC1. The molecule has 2 rings (SSSR count). The zero-order valence-corrected chi connectivity index (χ0v) is 12.0. The minimum Gasteiger partial charge on any atom is -0.384 e. The number of aromatic nitrogens is 2. The van der Waals surface area contributed by atoms with Crippen molar-refractivity contribution < 1.29 is 4.74 Å². The molecule has 1 aromatic rings. The molecule has 0 amide bonds. The fraction of sp³-hybridized carbons (Fsp3) is 0.786. The second-order valence-corrected chi connectivity index (χ2v) is 5.82. The first kappa shape index (κ1) is 13.6. The van der Waals surface area contributed by atoms with Gasteiger partial charge in [0.25, 0.3) is 0 Å². The summed E-state index contributed by atoms with van der Waals surface area (Å²) in [6, 6.07) is 2.57. The van der Waals surface area contributed by atoms with E-state index in [0.717, 1.165) is 25.4 Å². The molecule has 102 valence electrons. The monoisotopic (exact) mass is 251 g/mol. The van der Waals surface area contributed by atoms with E-state index >= 15 is 0 Å². The molecule has 0 saturated heterocycles. The summed E-state index contributed by atoms with van der Waals surface area (Å²) in [5.74, 6) is 0. The average molecular weight is 251 g/mol. The first-order chi connectivity index (χ1) is 8.54. The highest BCUT2D eigenvalue weighted by atomic mass is 16.5. The van der Waals surface area contributed by atoms with Gasteiger partial charge in [0.2, 0.25) is 0 Å². The molecule has 1 aromatic heterocycles. The number of ether oxygens (including phenoxy) is 1. The van der Waals surface area contributed by atoms with Gasteiger partial charge in [-0.15, -0.1) is 0 Å². The molecule has 1 saturated carbocycles. The Kier molecular flexibility index (Phi) is 4.07. The van der Waals surface area contributed by atoms with Gasteiger partial charge >= 0.3 is 0 Å². The third kappa shape index (κ3) is 3.33. The van der Waals surface area contributed by atoms with Crippen molar-refractivity contribution in [3.63, 3.8) is 0 Å². The van der Waals surface area contributed by atoms with E-state index in [9.17, 15) is 0 Å². The van der Waals surface area contributed by atoms with Crippen LogP contribution in [0, 0.1) is 19.3 Å². The summed E-state index contributed by atoms with van der Waals surface area (Å²) in [6.45, 7) is 9.25. The lowest BCUT2D eigenvalue weighted by molar-refractivity contribution is 0.137. The Morgan fingerprint density at radius 2 is 2.22 bits per heavy atom. The Morgan fingerprint density at radius 1 is 1.50 bits per heavy atom. The smallest absolute Gasteiger partial charge is 0.0596 e. The zero-order chi connectivity index (χ0) is 13.2. The number of hydrogen-bond donors (Lipinski definition) is 1. The molecule has 0 spiro atoms. The van der Waals surface area contributed by atoms with Crippen LogP contribution < -0.4 is 5.32 Å². The molecule has 0 radical (unpaired) electrons. The number of aryl methyl sites for hydroxylation is 2. The Bertz CT molecular complexity index is 396. The molecule has 18 heavy (non-hydrogen) atoms. The summed E-state index contributed by atoms with van der Waals surface area (Å²) in [5, 5.41) is 8.11. The lowest BCUT2D eigenvalue weighted by Gasteiger charge is -2.20. The highest BCUT2D eigenvalue weighted by Gasteiger charge is 2.42. The van der Waals surface area contributed by atoms with Gasteiger partial charge in [-0.2, -0.15) is 5.10 Å². The maximum Gasteiger partial charge on any atom is 0.0596 e. The quantitative estimate of drug-likeness (QED) is 0.804. The number of hydrogen-bond acceptors (Lipinski definition) is 3. The van der Waals surface area contributed by atoms with E-state index in [4.69, 9.17) is 4.74 Å². The molecular weight excluding hydrogens is 226 g/mol. The van der Waals surface area contributed by atoms with E-state index < -0.39 is 0 Å². The van der Waals surface area contributed by atoms with Crippen molar-refractivity contribution in [2.45, 2.75) is 46.2 Å². The van der Waals surface area contributed by atoms with Crippen molar-refractivity contribution in [2.75, 3.05) is 20.3 Å². The van der Waals surface area contributed by atoms with E-state index in [1.165, 1.54) is 18.5 Å². The standard InChI is InChI=1S/C14H25N3O/c1-11-7-13(3)17(16-11)8-12(2)15-9-14(5-6-14)10-18-4/h7,12,15H,5-6,8-10H2,1-4H3. The van der Waals surface area contributed by atoms with Crippen LogP contribution in [0.5, 0.6) is 0 Å². The second kappa shape index (κ2) is 5.41. The molecule has 0 bridgehead atoms. The third-order valence-corrected chi connectivity index (χ3v) is 3.78. The van der Waals surface area contributed by atoms with Crippen molar-refractivity contribution in [2.24, 2.45) is 5.41 Å². The zero-order valence-electron chi connectivity index (χ0n) is 12.0. The molecule has 4 heteroatoms. The van der Waals surface area contributed by atoms with Crippen LogP contribution in [0.1, 0.15) is 31.2 Å². The number of methoxy groups -OCH3 is 1. The summed E-state index contributed by atoms with van der Waals surface area (Å²) in [7, 11) is 1.79. The van der Waals surface area contributed by atoms with Gasteiger partial charge in [0, 0.05) is 30.8 Å². The summed E-state index contributed by atoms with van der Waals surface area (Å²) >= 11 is 0. The Balaban J connectivity index is 1.79. The van der Waals surface area contributed by atoms with Crippen LogP contribution in [-0.4, -0.2) is 36.1 Å². The van der Waals surface area contributed by atoms with Crippen LogP contribution in [-0.2, 0) is 11.3 Å². The van der Waals surface area contributed by atoms with Gasteiger partial charge in [0.05, 0.1) is 18.8 Å². The van der Waals surface area contributed by atoms with Crippen molar-refractivity contribution >= 4 is 0 Å². The molecule has 1 aliphatic carbocycles. The molecule has 4 nitrogen and oxygen atoms in total. The molecule has 1 atom stereocenters. The van der Waals surface area contributed by atoms with Crippen LogP contribution in [0.25, 0.3) is 0 Å². The first-order valence-corrected chi connectivity index (χ1v) is 6.78. The van der Waals surface area contributed by atoms with Gasteiger partial charge in [-0.3, -0.25) is 4.68 Å². The van der Waals surface area contributed by atoms with E-state index in [1.807, 2.05) is 6.92 Å². The third-order valence-electron chi connectivity index (χ3n) is 3.78. The van der Waals surface area contributed by atoms with Crippen LogP contribution >= 0.6 is 0 Å². The number of nitrogens with zero attached hydrogens (tertiary/aromatic N) is 2. The second-order valence-electron chi connectivity index (χ2n) is 5.82. The average Bonchev–Trinajstić information content (AvgIpc) is 2.99. The molecule has 1 heterocycles. The van der Waals surface area contributed by atoms with E-state index in [-0.39, 0.29) is 0 Å². The fourth-order valence-electron chi connectivity index (χ4n) is 2.43. The normalized spacial score (nSPS) is 18.9. The predicted molar refractivity (Wildman–Crippen MR) is 72.7 cm³/mol. The minimum absolute atomic E-state index is 0.415. The van der Waals surface area contributed by atoms with Crippen LogP contribution in [0.2, 0.25) is 0 Å². The Labute approximate surface area is 110 Å². The summed E-state index contributed by atoms with van der Waals surface area (Å²) < 4.78 is 7.37. The van der Waals surface area contributed by atoms with Crippen molar-refractivity contribution in [1.29, 1.82) is 0 Å². The maximum absolute atomic E-state index is 5.28. The Morgan fingerprint density at radius 3 is 2.72 bits per heavy atom. The van der Waals surface area contributed by atoms with Crippen molar-refractivity contribution in [1.82, 2.24) is 15.1 Å². The fourth-order valence-corrected chi connectivity index (χ4v) is 2.43. The highest BCUT2D eigenvalue weighted by Crippen LogP contribution is 2.45. The van der Waals surface area contributed by atoms with E-state index in [0.29, 0.717) is 11.5 Å². The van der Waals surface area contributed by atoms with E-state index in [1.54, 1.807) is 7.11 Å². The van der Waals surface area contributed by atoms with Crippen molar-refractivity contribution in [3.05, 3.63) is 17.5 Å². The van der Waals surface area contributed by atoms with Crippen LogP contribution in [0.4, 0.5) is 0 Å². The summed E-state index contributed by atoms with van der Waals surface area (Å²) in [4.78, 5) is 0. The predicted octanol–water partition coefficient (Wildman–Crippen LogP) is 1.90. The molecule has 1 N–H and O–H groups in total. The van der Waals surface area contributed by atoms with Crippen LogP contribution in [0.3, 0.4) is 0 Å². The summed E-state index contributed by atoms with van der Waals surface area (Å²) in [5.41, 5.74) is 2.75. The topological polar surface area (TPSA) is 39.1 Å². The van der Waals surface area contributed by atoms with E-state index in [2.05, 4.69) is 35.0 Å². The lowest BCUT2D eigenvalue weighted by Crippen LogP contribution is -2.36.